The van der Waals surface area contributed by atoms with Crippen molar-refractivity contribution in [1.82, 2.24) is 0 Å². The highest BCUT2D eigenvalue weighted by Gasteiger charge is 2.21. The smallest absolute Gasteiger partial charge is 0.0725 e. The van der Waals surface area contributed by atoms with Crippen molar-refractivity contribution in [2.75, 3.05) is 0 Å². The van der Waals surface area contributed by atoms with E-state index in [1.54, 1.807) is 0 Å². The van der Waals surface area contributed by atoms with E-state index in [-0.39, 0.29) is 5.38 Å². The van der Waals surface area contributed by atoms with E-state index in [0.717, 1.165) is 25.6 Å². The summed E-state index contributed by atoms with van der Waals surface area (Å²) in [6.45, 7) is 1.53. The van der Waals surface area contributed by atoms with Gasteiger partial charge in [-0.15, -0.1) is 11.6 Å². The van der Waals surface area contributed by atoms with Crippen LogP contribution in [0.2, 0.25) is 0 Å². The van der Waals surface area contributed by atoms with Crippen molar-refractivity contribution in [2.24, 2.45) is 5.92 Å². The number of alkyl halides is 1. The van der Waals surface area contributed by atoms with Crippen LogP contribution in [0.3, 0.4) is 0 Å². The van der Waals surface area contributed by atoms with Crippen LogP contribution in [-0.2, 0) is 18.0 Å². The number of hydrogen-bond acceptors (Lipinski definition) is 1. The van der Waals surface area contributed by atoms with Gasteiger partial charge in [-0.25, -0.2) is 0 Å². The molecule has 17 heavy (non-hydrogen) atoms. The highest BCUT2D eigenvalue weighted by atomic mass is 35.5. The predicted octanol–water partition coefficient (Wildman–Crippen LogP) is 4.58. The van der Waals surface area contributed by atoms with Crippen LogP contribution >= 0.6 is 11.6 Å². The fourth-order valence-electron chi connectivity index (χ4n) is 3.06. The van der Waals surface area contributed by atoms with Gasteiger partial charge in [0.1, 0.15) is 0 Å². The van der Waals surface area contributed by atoms with Gasteiger partial charge in [0, 0.05) is 0 Å². The average molecular weight is 251 g/mol. The predicted molar refractivity (Wildman–Crippen MR) is 70.1 cm³/mol. The van der Waals surface area contributed by atoms with E-state index >= 15 is 0 Å². The number of rotatable bonds is 3. The van der Waals surface area contributed by atoms with Gasteiger partial charge in [0.05, 0.1) is 18.6 Å². The average Bonchev–Trinajstić information content (AvgIpc) is 2.97. The van der Waals surface area contributed by atoms with Crippen molar-refractivity contribution in [3.63, 3.8) is 0 Å². The lowest BCUT2D eigenvalue weighted by molar-refractivity contribution is 0.134. The Morgan fingerprint density at radius 1 is 1.18 bits per heavy atom. The molecule has 1 nitrogen and oxygen atoms in total. The van der Waals surface area contributed by atoms with Gasteiger partial charge >= 0.3 is 0 Å². The van der Waals surface area contributed by atoms with E-state index < -0.39 is 0 Å². The summed E-state index contributed by atoms with van der Waals surface area (Å²) in [6.07, 6.45) is 6.67. The van der Waals surface area contributed by atoms with Gasteiger partial charge in [0.25, 0.3) is 0 Å². The van der Waals surface area contributed by atoms with Crippen molar-refractivity contribution in [2.45, 2.75) is 50.7 Å². The van der Waals surface area contributed by atoms with Crippen molar-refractivity contribution >= 4 is 11.6 Å². The highest BCUT2D eigenvalue weighted by Crippen LogP contribution is 2.37. The molecule has 0 N–H and O–H groups in total. The molecule has 0 radical (unpaired) electrons. The summed E-state index contributed by atoms with van der Waals surface area (Å²) in [4.78, 5) is 0. The SMILES string of the molecule is ClC(CC1CCCC1)c1ccc2c(c1)COC2. The number of ether oxygens (including phenoxy) is 1. The van der Waals surface area contributed by atoms with Crippen LogP contribution in [0.1, 0.15) is 54.2 Å². The third kappa shape index (κ3) is 2.51. The zero-order valence-electron chi connectivity index (χ0n) is 10.1. The van der Waals surface area contributed by atoms with E-state index in [1.807, 2.05) is 0 Å². The zero-order valence-corrected chi connectivity index (χ0v) is 10.9. The molecule has 1 unspecified atom stereocenters. The Balaban J connectivity index is 1.70. The first kappa shape index (κ1) is 11.6. The largest absolute Gasteiger partial charge is 0.372 e. The maximum absolute atomic E-state index is 6.55. The third-order valence-corrected chi connectivity index (χ3v) is 4.55. The summed E-state index contributed by atoms with van der Waals surface area (Å²) in [5.41, 5.74) is 3.95. The first-order valence-electron chi connectivity index (χ1n) is 6.66. The Morgan fingerprint density at radius 3 is 2.76 bits per heavy atom. The summed E-state index contributed by atoms with van der Waals surface area (Å²) in [5, 5.41) is 0.184. The Hall–Kier alpha value is -0.530. The molecule has 0 spiro atoms. The van der Waals surface area contributed by atoms with E-state index in [4.69, 9.17) is 16.3 Å². The Morgan fingerprint density at radius 2 is 1.94 bits per heavy atom. The van der Waals surface area contributed by atoms with Crippen LogP contribution in [0, 0.1) is 5.92 Å². The summed E-state index contributed by atoms with van der Waals surface area (Å²) < 4.78 is 5.44. The Kier molecular flexibility index (Phi) is 3.39. The number of hydrogen-bond donors (Lipinski definition) is 0. The van der Waals surface area contributed by atoms with Crippen LogP contribution < -0.4 is 0 Å². The fraction of sp³-hybridized carbons (Fsp3) is 0.600. The monoisotopic (exact) mass is 250 g/mol. The van der Waals surface area contributed by atoms with Crippen molar-refractivity contribution < 1.29 is 4.74 Å². The van der Waals surface area contributed by atoms with E-state index in [9.17, 15) is 0 Å². The number of fused-ring (bicyclic) bond motifs is 1. The normalized spacial score (nSPS) is 21.7. The second kappa shape index (κ2) is 4.99. The summed E-state index contributed by atoms with van der Waals surface area (Å²) in [5.74, 6) is 0.849. The summed E-state index contributed by atoms with van der Waals surface area (Å²) in [7, 11) is 0. The molecule has 1 aliphatic heterocycles. The number of halogens is 1. The van der Waals surface area contributed by atoms with E-state index in [2.05, 4.69) is 18.2 Å². The molecule has 1 aromatic carbocycles. The third-order valence-electron chi connectivity index (χ3n) is 4.12. The molecule has 2 aliphatic rings. The van der Waals surface area contributed by atoms with Crippen molar-refractivity contribution in [3.8, 4) is 0 Å². The molecule has 92 valence electrons. The molecule has 0 bridgehead atoms. The second-order valence-electron chi connectivity index (χ2n) is 5.37. The molecule has 2 heteroatoms. The first-order chi connectivity index (χ1) is 8.33. The van der Waals surface area contributed by atoms with E-state index in [0.29, 0.717) is 0 Å². The van der Waals surface area contributed by atoms with Crippen molar-refractivity contribution in [3.05, 3.63) is 34.9 Å². The molecule has 1 aromatic rings. The van der Waals surface area contributed by atoms with Crippen molar-refractivity contribution in [1.29, 1.82) is 0 Å². The molecule has 0 saturated heterocycles. The highest BCUT2D eigenvalue weighted by molar-refractivity contribution is 6.20. The van der Waals surface area contributed by atoms with Crippen LogP contribution in [0.4, 0.5) is 0 Å². The van der Waals surface area contributed by atoms with Gasteiger partial charge in [-0.3, -0.25) is 0 Å². The summed E-state index contributed by atoms with van der Waals surface area (Å²) >= 11 is 6.55. The molecule has 1 heterocycles. The van der Waals surface area contributed by atoms with Gasteiger partial charge in [-0.05, 0) is 29.0 Å². The molecule has 0 aromatic heterocycles. The van der Waals surface area contributed by atoms with E-state index in [1.165, 1.54) is 42.4 Å². The lowest BCUT2D eigenvalue weighted by Crippen LogP contribution is -2.00. The molecule has 1 fully saturated rings. The molecule has 3 rings (SSSR count). The second-order valence-corrected chi connectivity index (χ2v) is 5.90. The minimum Gasteiger partial charge on any atom is -0.372 e. The molecule has 1 saturated carbocycles. The standard InChI is InChI=1S/C15H19ClO/c16-15(7-11-3-1-2-4-11)12-5-6-13-9-17-10-14(13)8-12/h5-6,8,11,15H,1-4,7,9-10H2. The Bertz CT molecular complexity index is 396. The van der Waals surface area contributed by atoms with Crippen LogP contribution in [0.5, 0.6) is 0 Å². The lowest BCUT2D eigenvalue weighted by atomic mass is 9.96. The topological polar surface area (TPSA) is 9.23 Å². The molecule has 1 atom stereocenters. The van der Waals surface area contributed by atoms with Gasteiger partial charge in [-0.1, -0.05) is 43.9 Å². The van der Waals surface area contributed by atoms with Crippen LogP contribution in [-0.4, -0.2) is 0 Å². The Labute approximate surface area is 108 Å². The zero-order chi connectivity index (χ0) is 11.7. The summed E-state index contributed by atoms with van der Waals surface area (Å²) in [6, 6.07) is 6.61. The molecular formula is C15H19ClO. The molecule has 1 aliphatic carbocycles. The lowest BCUT2D eigenvalue weighted by Gasteiger charge is -2.15. The fourth-order valence-corrected chi connectivity index (χ4v) is 3.45. The van der Waals surface area contributed by atoms with Gasteiger partial charge in [-0.2, -0.15) is 0 Å². The first-order valence-corrected chi connectivity index (χ1v) is 7.10. The van der Waals surface area contributed by atoms with Gasteiger partial charge in [0.15, 0.2) is 0 Å². The van der Waals surface area contributed by atoms with Gasteiger partial charge < -0.3 is 4.74 Å². The minimum absolute atomic E-state index is 0.184. The van der Waals surface area contributed by atoms with Gasteiger partial charge in [0.2, 0.25) is 0 Å². The van der Waals surface area contributed by atoms with Crippen LogP contribution in [0.25, 0.3) is 0 Å². The minimum atomic E-state index is 0.184. The molecular weight excluding hydrogens is 232 g/mol. The molecule has 0 amide bonds. The number of benzene rings is 1. The quantitative estimate of drug-likeness (QED) is 0.714. The maximum atomic E-state index is 6.55. The maximum Gasteiger partial charge on any atom is 0.0725 e. The van der Waals surface area contributed by atoms with Crippen LogP contribution in [0.15, 0.2) is 18.2 Å².